The highest BCUT2D eigenvalue weighted by Gasteiger charge is 2.37. The number of hydrogen-bond acceptors (Lipinski definition) is 3. The molecule has 2 aliphatic heterocycles. The van der Waals surface area contributed by atoms with Gasteiger partial charge < -0.3 is 10.2 Å². The molecule has 0 aromatic heterocycles. The van der Waals surface area contributed by atoms with Crippen molar-refractivity contribution in [3.8, 4) is 0 Å². The van der Waals surface area contributed by atoms with Gasteiger partial charge in [0.2, 0.25) is 0 Å². The standard InChI is InChI=1S/C12H14N2O/c15-8-9-1-3-11(4-2-9)14-7-10-5-12(14)6-13-10/h1-4,8,10,12-13H,5-7H2. The van der Waals surface area contributed by atoms with Crippen LogP contribution in [-0.2, 0) is 0 Å². The third-order valence-corrected chi connectivity index (χ3v) is 3.42. The molecule has 3 nitrogen and oxygen atoms in total. The van der Waals surface area contributed by atoms with E-state index in [1.165, 1.54) is 12.1 Å². The maximum Gasteiger partial charge on any atom is 0.150 e. The Hall–Kier alpha value is -1.35. The maximum atomic E-state index is 10.5. The number of anilines is 1. The lowest BCUT2D eigenvalue weighted by Crippen LogP contribution is -2.43. The van der Waals surface area contributed by atoms with Crippen LogP contribution in [0.4, 0.5) is 5.69 Å². The number of carbonyl (C=O) groups excluding carboxylic acids is 1. The number of rotatable bonds is 2. The molecule has 1 aromatic carbocycles. The first-order valence-electron chi connectivity index (χ1n) is 5.42. The zero-order chi connectivity index (χ0) is 10.3. The predicted octanol–water partition coefficient (Wildman–Crippen LogP) is 1.05. The molecule has 2 saturated heterocycles. The summed E-state index contributed by atoms with van der Waals surface area (Å²) in [7, 11) is 0. The highest BCUT2D eigenvalue weighted by molar-refractivity contribution is 5.75. The molecule has 0 amide bonds. The van der Waals surface area contributed by atoms with Gasteiger partial charge in [0.05, 0.1) is 0 Å². The van der Waals surface area contributed by atoms with Gasteiger partial charge in [-0.2, -0.15) is 0 Å². The lowest BCUT2D eigenvalue weighted by atomic mass is 10.2. The van der Waals surface area contributed by atoms with Crippen LogP contribution in [0.1, 0.15) is 16.8 Å². The summed E-state index contributed by atoms with van der Waals surface area (Å²) in [5, 5.41) is 3.48. The van der Waals surface area contributed by atoms with Crippen LogP contribution in [0.2, 0.25) is 0 Å². The van der Waals surface area contributed by atoms with Gasteiger partial charge in [0.1, 0.15) is 6.29 Å². The minimum absolute atomic E-state index is 0.650. The second-order valence-electron chi connectivity index (χ2n) is 4.36. The van der Waals surface area contributed by atoms with E-state index in [0.29, 0.717) is 12.1 Å². The van der Waals surface area contributed by atoms with E-state index in [9.17, 15) is 4.79 Å². The van der Waals surface area contributed by atoms with Gasteiger partial charge in [0.15, 0.2) is 0 Å². The minimum atomic E-state index is 0.650. The van der Waals surface area contributed by atoms with Gasteiger partial charge in [0, 0.05) is 36.4 Å². The van der Waals surface area contributed by atoms with Gasteiger partial charge in [-0.15, -0.1) is 0 Å². The Morgan fingerprint density at radius 1 is 1.33 bits per heavy atom. The molecular weight excluding hydrogens is 188 g/mol. The summed E-state index contributed by atoms with van der Waals surface area (Å²) >= 11 is 0. The number of piperazine rings is 1. The molecule has 0 radical (unpaired) electrons. The highest BCUT2D eigenvalue weighted by Crippen LogP contribution is 2.29. The zero-order valence-corrected chi connectivity index (χ0v) is 8.52. The summed E-state index contributed by atoms with van der Waals surface area (Å²) in [4.78, 5) is 13.0. The van der Waals surface area contributed by atoms with E-state index in [2.05, 4.69) is 10.2 Å². The highest BCUT2D eigenvalue weighted by atomic mass is 16.1. The Balaban J connectivity index is 1.84. The fourth-order valence-electron chi connectivity index (χ4n) is 2.62. The molecule has 3 heteroatoms. The molecule has 2 aliphatic rings. The monoisotopic (exact) mass is 202 g/mol. The summed E-state index contributed by atoms with van der Waals surface area (Å²) < 4.78 is 0. The number of fused-ring (bicyclic) bond motifs is 2. The molecule has 15 heavy (non-hydrogen) atoms. The summed E-state index contributed by atoms with van der Waals surface area (Å²) in [6, 6.07) is 9.19. The van der Waals surface area contributed by atoms with Crippen LogP contribution < -0.4 is 10.2 Å². The fraction of sp³-hybridized carbons (Fsp3) is 0.417. The van der Waals surface area contributed by atoms with Gasteiger partial charge in [-0.1, -0.05) is 0 Å². The van der Waals surface area contributed by atoms with Crippen molar-refractivity contribution in [3.05, 3.63) is 29.8 Å². The zero-order valence-electron chi connectivity index (χ0n) is 8.52. The SMILES string of the molecule is O=Cc1ccc(N2CC3CC2CN3)cc1. The molecule has 2 atom stereocenters. The van der Waals surface area contributed by atoms with Crippen molar-refractivity contribution >= 4 is 12.0 Å². The molecule has 2 unspecified atom stereocenters. The number of carbonyl (C=O) groups is 1. The molecule has 2 bridgehead atoms. The van der Waals surface area contributed by atoms with Crippen molar-refractivity contribution in [2.45, 2.75) is 18.5 Å². The molecule has 2 heterocycles. The van der Waals surface area contributed by atoms with E-state index in [-0.39, 0.29) is 0 Å². The topological polar surface area (TPSA) is 32.3 Å². The van der Waals surface area contributed by atoms with E-state index >= 15 is 0 Å². The van der Waals surface area contributed by atoms with Crippen molar-refractivity contribution in [2.24, 2.45) is 0 Å². The second-order valence-corrected chi connectivity index (χ2v) is 4.36. The van der Waals surface area contributed by atoms with Crippen LogP contribution in [0.15, 0.2) is 24.3 Å². The Morgan fingerprint density at radius 2 is 2.13 bits per heavy atom. The number of benzene rings is 1. The molecule has 78 valence electrons. The number of hydrogen-bond donors (Lipinski definition) is 1. The maximum absolute atomic E-state index is 10.5. The van der Waals surface area contributed by atoms with E-state index in [4.69, 9.17) is 0 Å². The van der Waals surface area contributed by atoms with Gasteiger partial charge in [-0.05, 0) is 30.7 Å². The number of nitrogens with one attached hydrogen (secondary N) is 1. The first kappa shape index (κ1) is 8.92. The normalized spacial score (nSPS) is 28.4. The minimum Gasteiger partial charge on any atom is -0.366 e. The Bertz CT molecular complexity index is 374. The fourth-order valence-corrected chi connectivity index (χ4v) is 2.62. The van der Waals surface area contributed by atoms with E-state index in [0.717, 1.165) is 24.9 Å². The molecule has 1 N–H and O–H groups in total. The number of nitrogens with zero attached hydrogens (tertiary/aromatic N) is 1. The first-order valence-corrected chi connectivity index (χ1v) is 5.42. The van der Waals surface area contributed by atoms with E-state index in [1.807, 2.05) is 24.3 Å². The van der Waals surface area contributed by atoms with Crippen LogP contribution in [0.25, 0.3) is 0 Å². The van der Waals surface area contributed by atoms with Gasteiger partial charge >= 0.3 is 0 Å². The van der Waals surface area contributed by atoms with Crippen LogP contribution in [0.3, 0.4) is 0 Å². The summed E-state index contributed by atoms with van der Waals surface area (Å²) in [6.07, 6.45) is 2.15. The third-order valence-electron chi connectivity index (χ3n) is 3.42. The van der Waals surface area contributed by atoms with Crippen molar-refractivity contribution in [3.63, 3.8) is 0 Å². The third kappa shape index (κ3) is 1.43. The Labute approximate surface area is 89.1 Å². The van der Waals surface area contributed by atoms with Gasteiger partial charge in [0.25, 0.3) is 0 Å². The van der Waals surface area contributed by atoms with Crippen LogP contribution in [0, 0.1) is 0 Å². The number of aldehydes is 1. The van der Waals surface area contributed by atoms with Crippen LogP contribution in [-0.4, -0.2) is 31.5 Å². The summed E-state index contributed by atoms with van der Waals surface area (Å²) in [5.41, 5.74) is 2.00. The van der Waals surface area contributed by atoms with Crippen molar-refractivity contribution < 1.29 is 4.79 Å². The average molecular weight is 202 g/mol. The van der Waals surface area contributed by atoms with Crippen molar-refractivity contribution in [1.29, 1.82) is 0 Å². The molecule has 0 saturated carbocycles. The molecule has 2 fully saturated rings. The van der Waals surface area contributed by atoms with E-state index < -0.39 is 0 Å². The molecular formula is C12H14N2O. The smallest absolute Gasteiger partial charge is 0.150 e. The average Bonchev–Trinajstić information content (AvgIpc) is 2.91. The van der Waals surface area contributed by atoms with Crippen molar-refractivity contribution in [2.75, 3.05) is 18.0 Å². The summed E-state index contributed by atoms with van der Waals surface area (Å²) in [6.45, 7) is 2.20. The lowest BCUT2D eigenvalue weighted by molar-refractivity contribution is 0.112. The first-order chi connectivity index (χ1) is 7.36. The van der Waals surface area contributed by atoms with E-state index in [1.54, 1.807) is 0 Å². The van der Waals surface area contributed by atoms with Gasteiger partial charge in [-0.25, -0.2) is 0 Å². The van der Waals surface area contributed by atoms with Crippen LogP contribution >= 0.6 is 0 Å². The van der Waals surface area contributed by atoms with Gasteiger partial charge in [-0.3, -0.25) is 4.79 Å². The summed E-state index contributed by atoms with van der Waals surface area (Å²) in [5.74, 6) is 0. The molecule has 0 aliphatic carbocycles. The van der Waals surface area contributed by atoms with Crippen LogP contribution in [0.5, 0.6) is 0 Å². The molecule has 3 rings (SSSR count). The molecule has 1 aromatic rings. The largest absolute Gasteiger partial charge is 0.366 e. The Morgan fingerprint density at radius 3 is 2.67 bits per heavy atom. The lowest BCUT2D eigenvalue weighted by Gasteiger charge is -2.29. The Kier molecular flexibility index (Phi) is 1.99. The quantitative estimate of drug-likeness (QED) is 0.727. The van der Waals surface area contributed by atoms with Crippen molar-refractivity contribution in [1.82, 2.24) is 5.32 Å². The second kappa shape index (κ2) is 3.35. The predicted molar refractivity (Wildman–Crippen MR) is 59.4 cm³/mol. The molecule has 0 spiro atoms.